The van der Waals surface area contributed by atoms with Crippen LogP contribution in [0, 0.1) is 0 Å². The number of pyridine rings is 2. The van der Waals surface area contributed by atoms with Gasteiger partial charge in [-0.15, -0.1) is 11.3 Å². The third-order valence-electron chi connectivity index (χ3n) is 5.41. The largest absolute Gasteiger partial charge is 0.494 e. The number of fused-ring (bicyclic) bond motifs is 1. The highest BCUT2D eigenvalue weighted by atomic mass is 32.1. The summed E-state index contributed by atoms with van der Waals surface area (Å²) in [6, 6.07) is 10.0. The minimum atomic E-state index is -0.241. The van der Waals surface area contributed by atoms with Gasteiger partial charge in [0, 0.05) is 51.8 Å². The summed E-state index contributed by atoms with van der Waals surface area (Å²) in [5, 5.41) is 11.8. The Labute approximate surface area is 206 Å². The fourth-order valence-corrected chi connectivity index (χ4v) is 4.54. The maximum atomic E-state index is 12.9. The van der Waals surface area contributed by atoms with Gasteiger partial charge in [-0.3, -0.25) is 14.6 Å². The molecule has 1 aromatic carbocycles. The summed E-state index contributed by atoms with van der Waals surface area (Å²) in [5.41, 5.74) is 2.08. The Morgan fingerprint density at radius 1 is 0.971 bits per heavy atom. The van der Waals surface area contributed by atoms with Crippen molar-refractivity contribution in [2.45, 2.75) is 12.8 Å². The predicted octanol–water partition coefficient (Wildman–Crippen LogP) is 4.59. The zero-order valence-electron chi connectivity index (χ0n) is 19.3. The number of aliphatic hydroxyl groups excluding tert-OH is 1. The molecule has 0 spiro atoms. The van der Waals surface area contributed by atoms with Crippen molar-refractivity contribution < 1.29 is 28.9 Å². The lowest BCUT2D eigenvalue weighted by Gasteiger charge is -2.11. The van der Waals surface area contributed by atoms with Crippen LogP contribution in [0.4, 0.5) is 0 Å². The molecule has 8 nitrogen and oxygen atoms in total. The Morgan fingerprint density at radius 3 is 2.51 bits per heavy atom. The number of rotatable bonds is 11. The van der Waals surface area contributed by atoms with E-state index >= 15 is 0 Å². The summed E-state index contributed by atoms with van der Waals surface area (Å²) in [6.07, 6.45) is 3.53. The molecule has 9 heteroatoms. The number of Topliss-reactive ketones (excluding diaryl/α,β-unsaturated/α-hetero) is 2. The smallest absolute Gasteiger partial charge is 0.181 e. The lowest BCUT2D eigenvalue weighted by Crippen LogP contribution is -2.08. The summed E-state index contributed by atoms with van der Waals surface area (Å²) in [7, 11) is 3.03. The van der Waals surface area contributed by atoms with Crippen LogP contribution in [0.2, 0.25) is 0 Å². The number of aliphatic hydroxyl groups is 1. The van der Waals surface area contributed by atoms with Gasteiger partial charge in [0.05, 0.1) is 20.8 Å². The van der Waals surface area contributed by atoms with E-state index < -0.39 is 0 Å². The molecule has 180 valence electrons. The second-order valence-corrected chi connectivity index (χ2v) is 8.46. The minimum Gasteiger partial charge on any atom is -0.494 e. The van der Waals surface area contributed by atoms with Crippen molar-refractivity contribution in [2.24, 2.45) is 0 Å². The number of methoxy groups -OCH3 is 2. The van der Waals surface area contributed by atoms with Crippen molar-refractivity contribution in [3.05, 3.63) is 65.4 Å². The van der Waals surface area contributed by atoms with Crippen molar-refractivity contribution in [1.29, 1.82) is 0 Å². The van der Waals surface area contributed by atoms with Crippen LogP contribution in [0.15, 0.2) is 54.2 Å². The third kappa shape index (κ3) is 5.31. The Balaban J connectivity index is 1.51. The number of carbonyl (C=O) groups is 2. The van der Waals surface area contributed by atoms with E-state index in [0.717, 1.165) is 15.6 Å². The predicted molar refractivity (Wildman–Crippen MR) is 133 cm³/mol. The van der Waals surface area contributed by atoms with Gasteiger partial charge in [0.2, 0.25) is 0 Å². The Hall–Kier alpha value is -3.82. The number of carbonyl (C=O) groups excluding carboxylic acids is 2. The second kappa shape index (κ2) is 11.1. The number of aromatic nitrogens is 2. The SMILES string of the molecule is COc1cc(C(=O)CCC(=O)c2ccc(OC)c(-c3csc4ccncc34)n2)ccc1OCCO. The summed E-state index contributed by atoms with van der Waals surface area (Å²) in [6.45, 7) is -0.0146. The van der Waals surface area contributed by atoms with Gasteiger partial charge in [0.1, 0.15) is 23.7 Å². The van der Waals surface area contributed by atoms with E-state index in [9.17, 15) is 9.59 Å². The van der Waals surface area contributed by atoms with Crippen LogP contribution >= 0.6 is 11.3 Å². The molecule has 0 unspecified atom stereocenters. The number of hydrogen-bond acceptors (Lipinski definition) is 9. The topological polar surface area (TPSA) is 108 Å². The molecule has 0 atom stereocenters. The molecule has 4 aromatic rings. The minimum absolute atomic E-state index is 0.00855. The number of ether oxygens (including phenoxy) is 3. The molecule has 0 saturated heterocycles. The maximum absolute atomic E-state index is 12.9. The quantitative estimate of drug-likeness (QED) is 0.303. The first kappa shape index (κ1) is 24.3. The second-order valence-electron chi connectivity index (χ2n) is 7.55. The summed E-state index contributed by atoms with van der Waals surface area (Å²) in [4.78, 5) is 34.5. The molecule has 3 heterocycles. The average Bonchev–Trinajstić information content (AvgIpc) is 3.33. The van der Waals surface area contributed by atoms with Gasteiger partial charge >= 0.3 is 0 Å². The van der Waals surface area contributed by atoms with Gasteiger partial charge < -0.3 is 19.3 Å². The lowest BCUT2D eigenvalue weighted by molar-refractivity contribution is 0.0914. The molecule has 0 saturated carbocycles. The van der Waals surface area contributed by atoms with Crippen molar-refractivity contribution in [1.82, 2.24) is 9.97 Å². The number of hydrogen-bond donors (Lipinski definition) is 1. The molecule has 4 rings (SSSR count). The van der Waals surface area contributed by atoms with Crippen LogP contribution in [0.1, 0.15) is 33.7 Å². The van der Waals surface area contributed by atoms with Crippen LogP contribution < -0.4 is 14.2 Å². The number of nitrogens with zero attached hydrogens (tertiary/aromatic N) is 2. The summed E-state index contributed by atoms with van der Waals surface area (Å²) < 4.78 is 17.2. The fraction of sp³-hybridized carbons (Fsp3) is 0.231. The maximum Gasteiger partial charge on any atom is 0.181 e. The lowest BCUT2D eigenvalue weighted by atomic mass is 10.0. The van der Waals surface area contributed by atoms with Crippen LogP contribution in [0.25, 0.3) is 21.3 Å². The average molecular weight is 493 g/mol. The van der Waals surface area contributed by atoms with E-state index in [4.69, 9.17) is 19.3 Å². The first-order chi connectivity index (χ1) is 17.0. The highest BCUT2D eigenvalue weighted by Crippen LogP contribution is 2.37. The standard InChI is InChI=1S/C26H24N2O6S/c1-32-23-8-4-19(28-26(23)18-15-35-25-9-10-27-14-17(18)25)21(31)6-5-20(30)16-3-7-22(34-12-11-29)24(13-16)33-2/h3-4,7-10,13-15,29H,5-6,11-12H2,1-2H3. The Morgan fingerprint density at radius 2 is 1.74 bits per heavy atom. The van der Waals surface area contributed by atoms with Crippen molar-refractivity contribution >= 4 is 33.0 Å². The molecule has 0 aliphatic carbocycles. The first-order valence-corrected chi connectivity index (χ1v) is 11.8. The Kier molecular flexibility index (Phi) is 7.69. The van der Waals surface area contributed by atoms with Crippen LogP contribution in [-0.2, 0) is 0 Å². The highest BCUT2D eigenvalue weighted by Gasteiger charge is 2.18. The zero-order chi connectivity index (χ0) is 24.8. The van der Waals surface area contributed by atoms with Gasteiger partial charge in [0.25, 0.3) is 0 Å². The molecular formula is C26H24N2O6S. The highest BCUT2D eigenvalue weighted by molar-refractivity contribution is 7.17. The third-order valence-corrected chi connectivity index (χ3v) is 6.37. The van der Waals surface area contributed by atoms with E-state index in [1.54, 1.807) is 61.2 Å². The monoisotopic (exact) mass is 492 g/mol. The van der Waals surface area contributed by atoms with Gasteiger partial charge in [-0.05, 0) is 36.4 Å². The number of thiophene rings is 1. The van der Waals surface area contributed by atoms with E-state index in [-0.39, 0.29) is 43.3 Å². The van der Waals surface area contributed by atoms with Crippen molar-refractivity contribution in [2.75, 3.05) is 27.4 Å². The molecule has 0 amide bonds. The molecule has 1 N–H and O–H groups in total. The van der Waals surface area contributed by atoms with E-state index in [1.807, 2.05) is 11.4 Å². The molecule has 0 aliphatic rings. The van der Waals surface area contributed by atoms with Gasteiger partial charge in [-0.2, -0.15) is 0 Å². The molecule has 3 aromatic heterocycles. The van der Waals surface area contributed by atoms with E-state index in [0.29, 0.717) is 28.5 Å². The molecule has 0 fully saturated rings. The van der Waals surface area contributed by atoms with Gasteiger partial charge in [-0.25, -0.2) is 4.98 Å². The molecular weight excluding hydrogens is 468 g/mol. The Bertz CT molecular complexity index is 1370. The number of ketones is 2. The van der Waals surface area contributed by atoms with Crippen LogP contribution in [-0.4, -0.2) is 54.1 Å². The van der Waals surface area contributed by atoms with Crippen molar-refractivity contribution in [3.63, 3.8) is 0 Å². The van der Waals surface area contributed by atoms with Gasteiger partial charge in [0.15, 0.2) is 23.1 Å². The van der Waals surface area contributed by atoms with Crippen LogP contribution in [0.3, 0.4) is 0 Å². The molecule has 35 heavy (non-hydrogen) atoms. The van der Waals surface area contributed by atoms with E-state index in [2.05, 4.69) is 9.97 Å². The summed E-state index contributed by atoms with van der Waals surface area (Å²) >= 11 is 1.57. The molecule has 0 aliphatic heterocycles. The molecule has 0 radical (unpaired) electrons. The van der Waals surface area contributed by atoms with Crippen molar-refractivity contribution in [3.8, 4) is 28.5 Å². The normalized spacial score (nSPS) is 10.8. The van der Waals surface area contributed by atoms with E-state index in [1.165, 1.54) is 7.11 Å². The van der Waals surface area contributed by atoms with Gasteiger partial charge in [-0.1, -0.05) is 0 Å². The van der Waals surface area contributed by atoms with Crippen LogP contribution in [0.5, 0.6) is 17.2 Å². The molecule has 0 bridgehead atoms. The first-order valence-electron chi connectivity index (χ1n) is 10.9. The summed E-state index contributed by atoms with van der Waals surface area (Å²) in [5.74, 6) is 0.926. The zero-order valence-corrected chi connectivity index (χ0v) is 20.1. The number of benzene rings is 1. The fourth-order valence-electron chi connectivity index (χ4n) is 3.63.